The van der Waals surface area contributed by atoms with E-state index in [0.29, 0.717) is 34.9 Å². The van der Waals surface area contributed by atoms with Crippen molar-refractivity contribution >= 4 is 31.6 Å². The number of benzene rings is 2. The second-order valence-corrected chi connectivity index (χ2v) is 12.3. The number of aromatic amines is 1. The van der Waals surface area contributed by atoms with Crippen LogP contribution in [0.25, 0.3) is 33.1 Å². The molecule has 8 heteroatoms. The third kappa shape index (κ3) is 3.99. The summed E-state index contributed by atoms with van der Waals surface area (Å²) in [5.41, 5.74) is 4.27. The quantitative estimate of drug-likeness (QED) is 0.324. The number of aromatic nitrogens is 3. The topological polar surface area (TPSA) is 86.1 Å². The van der Waals surface area contributed by atoms with Gasteiger partial charge in [0.05, 0.1) is 27.9 Å². The van der Waals surface area contributed by atoms with Crippen molar-refractivity contribution in [3.63, 3.8) is 0 Å². The van der Waals surface area contributed by atoms with Gasteiger partial charge in [0.2, 0.25) is 0 Å². The van der Waals surface area contributed by atoms with Crippen molar-refractivity contribution in [1.82, 2.24) is 14.1 Å². The van der Waals surface area contributed by atoms with E-state index in [9.17, 15) is 13.2 Å². The number of rotatable bonds is 6. The molecule has 1 N–H and O–H groups in total. The third-order valence-electron chi connectivity index (χ3n) is 7.87. The molecule has 0 saturated carbocycles. The highest BCUT2D eigenvalue weighted by Gasteiger charge is 2.32. The molecule has 7 nitrogen and oxygen atoms in total. The molecule has 4 heterocycles. The highest BCUT2D eigenvalue weighted by Crippen LogP contribution is 2.43. The number of hydrogen-bond acceptors (Lipinski definition) is 4. The largest absolute Gasteiger partial charge is 0.381 e. The van der Waals surface area contributed by atoms with E-state index in [2.05, 4.69) is 33.8 Å². The van der Waals surface area contributed by atoms with E-state index in [0.717, 1.165) is 35.0 Å². The zero-order valence-electron chi connectivity index (χ0n) is 21.6. The standard InChI is InChI=1S/C30H31N3O4S/c1-3-38(35,36)27-11-7-10-25-23(27)18-26(24-19-32(2)29-22(24)12-15-31-30(29)34)33(25)28(20-8-5-4-6-9-20)21-13-16-37-17-14-21/h4-12,15,18-19,21,28H,3,13-14,16-17H2,1-2H3,(H,31,34)/t28-/m1/s1. The van der Waals surface area contributed by atoms with Crippen LogP contribution < -0.4 is 5.56 Å². The predicted octanol–water partition coefficient (Wildman–Crippen LogP) is 5.30. The van der Waals surface area contributed by atoms with Gasteiger partial charge in [0.1, 0.15) is 5.52 Å². The van der Waals surface area contributed by atoms with E-state index in [4.69, 9.17) is 4.74 Å². The van der Waals surface area contributed by atoms with Crippen LogP contribution >= 0.6 is 0 Å². The summed E-state index contributed by atoms with van der Waals surface area (Å²) in [7, 11) is -1.59. The monoisotopic (exact) mass is 529 g/mol. The molecule has 38 heavy (non-hydrogen) atoms. The van der Waals surface area contributed by atoms with Crippen LogP contribution in [-0.2, 0) is 21.6 Å². The summed E-state index contributed by atoms with van der Waals surface area (Å²) in [6.07, 6.45) is 5.45. The summed E-state index contributed by atoms with van der Waals surface area (Å²) in [5, 5.41) is 1.54. The summed E-state index contributed by atoms with van der Waals surface area (Å²) in [5.74, 6) is 0.323. The Labute approximate surface area is 221 Å². The normalized spacial score (nSPS) is 15.8. The lowest BCUT2D eigenvalue weighted by atomic mass is 9.86. The number of aryl methyl sites for hydroxylation is 1. The highest BCUT2D eigenvalue weighted by atomic mass is 32.2. The second kappa shape index (κ2) is 9.60. The van der Waals surface area contributed by atoms with Gasteiger partial charge < -0.3 is 18.9 Å². The van der Waals surface area contributed by atoms with Gasteiger partial charge in [-0.15, -0.1) is 0 Å². The van der Waals surface area contributed by atoms with Gasteiger partial charge in [-0.1, -0.05) is 43.3 Å². The fraction of sp³-hybridized carbons (Fsp3) is 0.300. The van der Waals surface area contributed by atoms with Crippen LogP contribution in [0.1, 0.15) is 31.4 Å². The van der Waals surface area contributed by atoms with Crippen molar-refractivity contribution in [3.05, 3.63) is 89.0 Å². The Bertz CT molecular complexity index is 1790. The number of pyridine rings is 1. The Morgan fingerprint density at radius 2 is 1.79 bits per heavy atom. The number of nitrogens with zero attached hydrogens (tertiary/aromatic N) is 2. The lowest BCUT2D eigenvalue weighted by Crippen LogP contribution is -2.27. The first-order valence-corrected chi connectivity index (χ1v) is 14.7. The SMILES string of the molecule is CCS(=O)(=O)c1cccc2c1cc(-c1cn(C)c3c(=O)[nH]ccc13)n2[C@H](c1ccccc1)C1CCOCC1. The molecule has 3 aromatic heterocycles. The molecule has 5 aromatic rings. The van der Waals surface area contributed by atoms with Crippen molar-refractivity contribution in [1.29, 1.82) is 0 Å². The third-order valence-corrected chi connectivity index (χ3v) is 9.65. The second-order valence-electron chi connectivity index (χ2n) is 10.0. The number of nitrogens with one attached hydrogen (secondary N) is 1. The van der Waals surface area contributed by atoms with E-state index in [1.54, 1.807) is 19.2 Å². The van der Waals surface area contributed by atoms with Gasteiger partial charge in [0, 0.05) is 49.0 Å². The van der Waals surface area contributed by atoms with Gasteiger partial charge in [-0.05, 0) is 48.6 Å². The van der Waals surface area contributed by atoms with Crippen LogP contribution in [0.5, 0.6) is 0 Å². The van der Waals surface area contributed by atoms with Gasteiger partial charge >= 0.3 is 0 Å². The number of H-pyrrole nitrogens is 1. The van der Waals surface area contributed by atoms with Crippen LogP contribution in [0, 0.1) is 5.92 Å². The fourth-order valence-electron chi connectivity index (χ4n) is 6.04. The van der Waals surface area contributed by atoms with Crippen molar-refractivity contribution in [3.8, 4) is 11.3 Å². The van der Waals surface area contributed by atoms with Crippen molar-refractivity contribution in [2.75, 3.05) is 19.0 Å². The van der Waals surface area contributed by atoms with Gasteiger partial charge in [-0.3, -0.25) is 4.79 Å². The minimum absolute atomic E-state index is 0.0261. The van der Waals surface area contributed by atoms with Gasteiger partial charge in [-0.25, -0.2) is 8.42 Å². The van der Waals surface area contributed by atoms with Crippen LogP contribution in [0.4, 0.5) is 0 Å². The molecule has 0 bridgehead atoms. The first kappa shape index (κ1) is 24.7. The molecular weight excluding hydrogens is 498 g/mol. The Morgan fingerprint density at radius 3 is 2.53 bits per heavy atom. The summed E-state index contributed by atoms with van der Waals surface area (Å²) < 4.78 is 36.3. The minimum atomic E-state index is -3.46. The Morgan fingerprint density at radius 1 is 1.03 bits per heavy atom. The number of hydrogen-bond donors (Lipinski definition) is 1. The lowest BCUT2D eigenvalue weighted by molar-refractivity contribution is 0.0550. The average Bonchev–Trinajstić information content (AvgIpc) is 3.48. The van der Waals surface area contributed by atoms with E-state index in [1.807, 2.05) is 48.1 Å². The molecule has 1 aliphatic rings. The molecule has 0 amide bonds. The molecule has 0 aliphatic carbocycles. The average molecular weight is 530 g/mol. The lowest BCUT2D eigenvalue weighted by Gasteiger charge is -2.34. The minimum Gasteiger partial charge on any atom is -0.381 e. The molecule has 0 spiro atoms. The maximum Gasteiger partial charge on any atom is 0.272 e. The van der Waals surface area contributed by atoms with Crippen molar-refractivity contribution in [2.24, 2.45) is 13.0 Å². The fourth-order valence-corrected chi connectivity index (χ4v) is 7.14. The molecular formula is C30H31N3O4S. The molecule has 0 unspecified atom stereocenters. The van der Waals surface area contributed by atoms with Crippen LogP contribution in [0.3, 0.4) is 0 Å². The first-order valence-electron chi connectivity index (χ1n) is 13.1. The van der Waals surface area contributed by atoms with Crippen molar-refractivity contribution < 1.29 is 13.2 Å². The van der Waals surface area contributed by atoms with Crippen LogP contribution in [0.2, 0.25) is 0 Å². The summed E-state index contributed by atoms with van der Waals surface area (Å²) in [4.78, 5) is 15.9. The van der Waals surface area contributed by atoms with Crippen LogP contribution in [-0.4, -0.2) is 41.5 Å². The van der Waals surface area contributed by atoms with Gasteiger partial charge in [0.15, 0.2) is 9.84 Å². The zero-order valence-corrected chi connectivity index (χ0v) is 22.4. The molecule has 0 radical (unpaired) electrons. The molecule has 1 fully saturated rings. The predicted molar refractivity (Wildman–Crippen MR) is 150 cm³/mol. The molecule has 196 valence electrons. The highest BCUT2D eigenvalue weighted by molar-refractivity contribution is 7.91. The Hall–Kier alpha value is -3.62. The van der Waals surface area contributed by atoms with E-state index < -0.39 is 9.84 Å². The van der Waals surface area contributed by atoms with Gasteiger partial charge in [-0.2, -0.15) is 0 Å². The molecule has 1 saturated heterocycles. The van der Waals surface area contributed by atoms with E-state index in [1.165, 1.54) is 5.56 Å². The Balaban J connectivity index is 1.73. The molecule has 1 aliphatic heterocycles. The number of ether oxygens (including phenoxy) is 1. The smallest absolute Gasteiger partial charge is 0.272 e. The molecule has 1 atom stereocenters. The first-order chi connectivity index (χ1) is 18.4. The van der Waals surface area contributed by atoms with Gasteiger partial charge in [0.25, 0.3) is 5.56 Å². The van der Waals surface area contributed by atoms with E-state index in [-0.39, 0.29) is 17.4 Å². The number of fused-ring (bicyclic) bond motifs is 2. The molecule has 6 rings (SSSR count). The molecule has 2 aromatic carbocycles. The summed E-state index contributed by atoms with van der Waals surface area (Å²) >= 11 is 0. The maximum atomic E-state index is 13.2. The van der Waals surface area contributed by atoms with Crippen molar-refractivity contribution in [2.45, 2.75) is 30.7 Å². The number of sulfone groups is 1. The zero-order chi connectivity index (χ0) is 26.4. The maximum absolute atomic E-state index is 13.2. The summed E-state index contributed by atoms with van der Waals surface area (Å²) in [6.45, 7) is 3.07. The Kier molecular flexibility index (Phi) is 6.24. The van der Waals surface area contributed by atoms with Crippen LogP contribution in [0.15, 0.2) is 82.7 Å². The van der Waals surface area contributed by atoms with E-state index >= 15 is 0 Å². The summed E-state index contributed by atoms with van der Waals surface area (Å²) in [6, 6.07) is 19.9.